The Morgan fingerprint density at radius 3 is 2.86 bits per heavy atom. The van der Waals surface area contributed by atoms with Gasteiger partial charge < -0.3 is 9.26 Å². The van der Waals surface area contributed by atoms with Crippen molar-refractivity contribution < 1.29 is 14.1 Å². The summed E-state index contributed by atoms with van der Waals surface area (Å²) in [6, 6.07) is 3.50. The molecule has 0 aliphatic carbocycles. The van der Waals surface area contributed by atoms with Crippen LogP contribution in [0.2, 0.25) is 0 Å². The number of methoxy groups -OCH3 is 1. The minimum absolute atomic E-state index is 0.118. The average molecular weight is 286 g/mol. The van der Waals surface area contributed by atoms with Gasteiger partial charge in [-0.3, -0.25) is 4.98 Å². The topological polar surface area (TPSA) is 109 Å². The van der Waals surface area contributed by atoms with Gasteiger partial charge in [-0.2, -0.15) is 4.98 Å². The summed E-state index contributed by atoms with van der Waals surface area (Å²) in [6.45, 7) is 0.220. The van der Waals surface area contributed by atoms with Crippen LogP contribution in [0.1, 0.15) is 16.3 Å². The number of hydrogen-bond donors (Lipinski definition) is 0. The number of ether oxygens (including phenoxy) is 1. The molecule has 106 valence electrons. The van der Waals surface area contributed by atoms with E-state index in [0.29, 0.717) is 11.5 Å². The number of nitrogens with zero attached hydrogens (tertiary/aromatic N) is 6. The molecule has 9 heteroatoms. The number of aromatic nitrogens is 6. The highest BCUT2D eigenvalue weighted by atomic mass is 16.5. The van der Waals surface area contributed by atoms with Gasteiger partial charge in [0.15, 0.2) is 11.5 Å². The van der Waals surface area contributed by atoms with Crippen LogP contribution in [-0.2, 0) is 11.3 Å². The lowest BCUT2D eigenvalue weighted by atomic mass is 10.1. The van der Waals surface area contributed by atoms with E-state index in [1.807, 2.05) is 0 Å². The van der Waals surface area contributed by atoms with E-state index in [1.165, 1.54) is 18.2 Å². The maximum atomic E-state index is 11.8. The van der Waals surface area contributed by atoms with Gasteiger partial charge in [0, 0.05) is 18.0 Å². The summed E-state index contributed by atoms with van der Waals surface area (Å²) in [6.07, 6.45) is 4.45. The second-order valence-corrected chi connectivity index (χ2v) is 4.02. The van der Waals surface area contributed by atoms with Crippen LogP contribution in [-0.4, -0.2) is 43.2 Å². The lowest BCUT2D eigenvalue weighted by Crippen LogP contribution is -2.08. The Balaban J connectivity index is 2.08. The zero-order chi connectivity index (χ0) is 14.7. The predicted molar refractivity (Wildman–Crippen MR) is 68.0 cm³/mol. The Bertz CT molecular complexity index is 738. The molecule has 3 aromatic heterocycles. The van der Waals surface area contributed by atoms with Crippen molar-refractivity contribution in [3.8, 4) is 11.3 Å². The molecule has 3 heterocycles. The Hall–Kier alpha value is -3.10. The van der Waals surface area contributed by atoms with Crippen LogP contribution in [0, 0.1) is 0 Å². The highest BCUT2D eigenvalue weighted by Crippen LogP contribution is 2.22. The maximum absolute atomic E-state index is 11.8. The van der Waals surface area contributed by atoms with Crippen LogP contribution in [0.4, 0.5) is 0 Å². The van der Waals surface area contributed by atoms with Gasteiger partial charge in [0.05, 0.1) is 7.11 Å². The first kappa shape index (κ1) is 12.9. The fourth-order valence-corrected chi connectivity index (χ4v) is 1.85. The lowest BCUT2D eigenvalue weighted by molar-refractivity contribution is 0.0595. The van der Waals surface area contributed by atoms with Crippen molar-refractivity contribution in [1.82, 2.24) is 30.1 Å². The third kappa shape index (κ3) is 2.48. The summed E-state index contributed by atoms with van der Waals surface area (Å²) in [5.74, 6) is -0.146. The molecule has 0 amide bonds. The first-order valence-corrected chi connectivity index (χ1v) is 5.97. The predicted octanol–water partition coefficient (Wildman–Crippen LogP) is 0.558. The Morgan fingerprint density at radius 2 is 2.19 bits per heavy atom. The number of hydrogen-bond acceptors (Lipinski definition) is 8. The largest absolute Gasteiger partial charge is 0.464 e. The van der Waals surface area contributed by atoms with Crippen molar-refractivity contribution in [3.05, 3.63) is 42.4 Å². The first-order valence-electron chi connectivity index (χ1n) is 5.97. The van der Waals surface area contributed by atoms with E-state index in [-0.39, 0.29) is 12.2 Å². The van der Waals surface area contributed by atoms with Crippen LogP contribution in [0.3, 0.4) is 0 Å². The smallest absolute Gasteiger partial charge is 0.360 e. The van der Waals surface area contributed by atoms with Crippen LogP contribution in [0.5, 0.6) is 0 Å². The molecule has 0 unspecified atom stereocenters. The van der Waals surface area contributed by atoms with E-state index < -0.39 is 5.97 Å². The summed E-state index contributed by atoms with van der Waals surface area (Å²) in [7, 11) is 1.29. The van der Waals surface area contributed by atoms with Crippen molar-refractivity contribution in [1.29, 1.82) is 0 Å². The summed E-state index contributed by atoms with van der Waals surface area (Å²) < 4.78 is 10.9. The second kappa shape index (κ2) is 5.49. The third-order valence-electron chi connectivity index (χ3n) is 2.77. The molecule has 3 aromatic rings. The van der Waals surface area contributed by atoms with E-state index in [4.69, 9.17) is 4.74 Å². The number of rotatable bonds is 4. The molecule has 0 atom stereocenters. The van der Waals surface area contributed by atoms with Gasteiger partial charge in [0.25, 0.3) is 0 Å². The molecule has 0 aliphatic heterocycles. The molecular formula is C12H10N6O3. The second-order valence-electron chi connectivity index (χ2n) is 4.02. The van der Waals surface area contributed by atoms with Crippen molar-refractivity contribution >= 4 is 5.97 Å². The van der Waals surface area contributed by atoms with Crippen LogP contribution >= 0.6 is 0 Å². The zero-order valence-corrected chi connectivity index (χ0v) is 11.0. The number of carbonyl (C=O) groups is 1. The molecule has 0 fully saturated rings. The SMILES string of the molecule is COC(=O)c1nnn(Cc2ncon2)c1-c1ccncc1. The zero-order valence-electron chi connectivity index (χ0n) is 11.0. The number of esters is 1. The fourth-order valence-electron chi connectivity index (χ4n) is 1.85. The summed E-state index contributed by atoms with van der Waals surface area (Å²) in [5, 5.41) is 11.6. The Kier molecular flexibility index (Phi) is 3.37. The highest BCUT2D eigenvalue weighted by molar-refractivity contribution is 5.93. The molecule has 3 rings (SSSR count). The monoisotopic (exact) mass is 286 g/mol. The molecule has 0 aliphatic rings. The van der Waals surface area contributed by atoms with E-state index in [0.717, 1.165) is 5.56 Å². The quantitative estimate of drug-likeness (QED) is 0.640. The van der Waals surface area contributed by atoms with Crippen LogP contribution < -0.4 is 0 Å². The van der Waals surface area contributed by atoms with Gasteiger partial charge in [0.2, 0.25) is 6.39 Å². The molecule has 0 aromatic carbocycles. The minimum Gasteiger partial charge on any atom is -0.464 e. The van der Waals surface area contributed by atoms with Gasteiger partial charge >= 0.3 is 5.97 Å². The van der Waals surface area contributed by atoms with Crippen molar-refractivity contribution in [2.75, 3.05) is 7.11 Å². The molecule has 0 spiro atoms. The van der Waals surface area contributed by atoms with Crippen LogP contribution in [0.25, 0.3) is 11.3 Å². The molecule has 0 radical (unpaired) electrons. The molecule has 0 bridgehead atoms. The van der Waals surface area contributed by atoms with Crippen LogP contribution in [0.15, 0.2) is 35.4 Å². The van der Waals surface area contributed by atoms with Crippen molar-refractivity contribution in [3.63, 3.8) is 0 Å². The molecule has 21 heavy (non-hydrogen) atoms. The fraction of sp³-hybridized carbons (Fsp3) is 0.167. The van der Waals surface area contributed by atoms with Crippen molar-refractivity contribution in [2.45, 2.75) is 6.54 Å². The molecule has 9 nitrogen and oxygen atoms in total. The van der Waals surface area contributed by atoms with Gasteiger partial charge in [-0.1, -0.05) is 10.4 Å². The summed E-state index contributed by atoms with van der Waals surface area (Å²) in [4.78, 5) is 19.7. The number of pyridine rings is 1. The van der Waals surface area contributed by atoms with Gasteiger partial charge in [-0.05, 0) is 12.1 Å². The van der Waals surface area contributed by atoms with Gasteiger partial charge in [-0.15, -0.1) is 5.10 Å². The van der Waals surface area contributed by atoms with E-state index >= 15 is 0 Å². The summed E-state index contributed by atoms with van der Waals surface area (Å²) >= 11 is 0. The van der Waals surface area contributed by atoms with Crippen molar-refractivity contribution in [2.24, 2.45) is 0 Å². The van der Waals surface area contributed by atoms with Gasteiger partial charge in [0.1, 0.15) is 12.2 Å². The molecule has 0 saturated heterocycles. The minimum atomic E-state index is -0.568. The van der Waals surface area contributed by atoms with Gasteiger partial charge in [-0.25, -0.2) is 9.48 Å². The number of carbonyl (C=O) groups excluding carboxylic acids is 1. The Morgan fingerprint density at radius 1 is 1.38 bits per heavy atom. The Labute approximate surface area is 118 Å². The molecule has 0 N–H and O–H groups in total. The third-order valence-corrected chi connectivity index (χ3v) is 2.77. The van der Waals surface area contributed by atoms with E-state index in [1.54, 1.807) is 24.5 Å². The highest BCUT2D eigenvalue weighted by Gasteiger charge is 2.22. The van der Waals surface area contributed by atoms with E-state index in [2.05, 4.69) is 30.0 Å². The maximum Gasteiger partial charge on any atom is 0.360 e. The molecule has 0 saturated carbocycles. The lowest BCUT2D eigenvalue weighted by Gasteiger charge is -2.05. The molecular weight excluding hydrogens is 276 g/mol. The first-order chi connectivity index (χ1) is 10.3. The van der Waals surface area contributed by atoms with E-state index in [9.17, 15) is 4.79 Å². The normalized spacial score (nSPS) is 10.5. The summed E-state index contributed by atoms with van der Waals surface area (Å²) in [5.41, 5.74) is 1.36. The average Bonchev–Trinajstić information content (AvgIpc) is 3.17. The standard InChI is InChI=1S/C12H10N6O3/c1-20-12(19)10-11(8-2-4-13-5-3-8)18(17-15-10)6-9-14-7-21-16-9/h2-5,7H,6H2,1H3.